The molecule has 1 aliphatic heterocycles. The molecule has 0 radical (unpaired) electrons. The van der Waals surface area contributed by atoms with Gasteiger partial charge in [-0.25, -0.2) is 9.97 Å². The number of anilines is 1. The van der Waals surface area contributed by atoms with Gasteiger partial charge in [-0.05, 0) is 25.1 Å². The molecule has 0 aliphatic carbocycles. The molecule has 0 atom stereocenters. The van der Waals surface area contributed by atoms with E-state index < -0.39 is 0 Å². The summed E-state index contributed by atoms with van der Waals surface area (Å²) in [5, 5.41) is 0. The quantitative estimate of drug-likeness (QED) is 0.842. The van der Waals surface area contributed by atoms with Gasteiger partial charge in [-0.1, -0.05) is 18.2 Å². The lowest BCUT2D eigenvalue weighted by molar-refractivity contribution is 0.0746. The highest BCUT2D eigenvalue weighted by molar-refractivity contribution is 5.94. The van der Waals surface area contributed by atoms with Gasteiger partial charge >= 0.3 is 0 Å². The monoisotopic (exact) mass is 282 g/mol. The fraction of sp³-hybridized carbons (Fsp3) is 0.312. The van der Waals surface area contributed by atoms with Crippen molar-refractivity contribution in [3.63, 3.8) is 0 Å². The zero-order valence-corrected chi connectivity index (χ0v) is 12.1. The van der Waals surface area contributed by atoms with Gasteiger partial charge in [0, 0.05) is 43.6 Å². The largest absolute Gasteiger partial charge is 0.337 e. The molecule has 21 heavy (non-hydrogen) atoms. The molecule has 1 amide bonds. The van der Waals surface area contributed by atoms with E-state index in [2.05, 4.69) is 14.9 Å². The third kappa shape index (κ3) is 3.02. The molecule has 0 N–H and O–H groups in total. The van der Waals surface area contributed by atoms with Crippen molar-refractivity contribution < 1.29 is 4.79 Å². The maximum Gasteiger partial charge on any atom is 0.253 e. The molecule has 3 rings (SSSR count). The molecule has 0 unspecified atom stereocenters. The Hall–Kier alpha value is -2.43. The molecule has 1 aromatic heterocycles. The van der Waals surface area contributed by atoms with Crippen LogP contribution in [-0.4, -0.2) is 47.0 Å². The molecule has 0 saturated carbocycles. The minimum Gasteiger partial charge on any atom is -0.337 e. The third-order valence-corrected chi connectivity index (χ3v) is 3.65. The van der Waals surface area contributed by atoms with E-state index in [4.69, 9.17) is 0 Å². The maximum atomic E-state index is 12.4. The number of piperazine rings is 1. The SMILES string of the molecule is Cc1ccnc(N2CCN(C(=O)c3ccccc3)CC2)n1. The summed E-state index contributed by atoms with van der Waals surface area (Å²) < 4.78 is 0. The molecule has 2 aromatic rings. The van der Waals surface area contributed by atoms with Crippen molar-refractivity contribution in [2.45, 2.75) is 6.92 Å². The minimum atomic E-state index is 0.0976. The van der Waals surface area contributed by atoms with E-state index >= 15 is 0 Å². The number of benzene rings is 1. The van der Waals surface area contributed by atoms with Crippen molar-refractivity contribution in [3.05, 3.63) is 53.9 Å². The predicted octanol–water partition coefficient (Wildman–Crippen LogP) is 1.75. The molecule has 0 spiro atoms. The molecule has 1 fully saturated rings. The van der Waals surface area contributed by atoms with Crippen molar-refractivity contribution in [1.29, 1.82) is 0 Å². The van der Waals surface area contributed by atoms with Crippen LogP contribution in [0.2, 0.25) is 0 Å². The van der Waals surface area contributed by atoms with Gasteiger partial charge in [0.2, 0.25) is 5.95 Å². The standard InChI is InChI=1S/C16H18N4O/c1-13-7-8-17-16(18-13)20-11-9-19(10-12-20)15(21)14-5-3-2-4-6-14/h2-8H,9-12H2,1H3. The summed E-state index contributed by atoms with van der Waals surface area (Å²) in [5.41, 5.74) is 1.71. The van der Waals surface area contributed by atoms with Gasteiger partial charge in [-0.3, -0.25) is 4.79 Å². The average Bonchev–Trinajstić information content (AvgIpc) is 2.55. The molecule has 1 aliphatic rings. The summed E-state index contributed by atoms with van der Waals surface area (Å²) in [4.78, 5) is 25.1. The summed E-state index contributed by atoms with van der Waals surface area (Å²) in [6.07, 6.45) is 1.78. The second-order valence-electron chi connectivity index (χ2n) is 5.14. The molecule has 2 heterocycles. The van der Waals surface area contributed by atoms with Gasteiger partial charge in [0.15, 0.2) is 0 Å². The Morgan fingerprint density at radius 2 is 1.76 bits per heavy atom. The van der Waals surface area contributed by atoms with Gasteiger partial charge in [-0.15, -0.1) is 0 Å². The number of aromatic nitrogens is 2. The average molecular weight is 282 g/mol. The Morgan fingerprint density at radius 3 is 2.43 bits per heavy atom. The first kappa shape index (κ1) is 13.5. The van der Waals surface area contributed by atoms with Crippen LogP contribution in [0.25, 0.3) is 0 Å². The topological polar surface area (TPSA) is 49.3 Å². The Balaban J connectivity index is 1.64. The summed E-state index contributed by atoms with van der Waals surface area (Å²) in [5.74, 6) is 0.849. The van der Waals surface area contributed by atoms with Crippen molar-refractivity contribution in [2.24, 2.45) is 0 Å². The molecular formula is C16H18N4O. The highest BCUT2D eigenvalue weighted by Crippen LogP contribution is 2.13. The van der Waals surface area contributed by atoms with Crippen LogP contribution in [-0.2, 0) is 0 Å². The van der Waals surface area contributed by atoms with Crippen LogP contribution in [0.5, 0.6) is 0 Å². The third-order valence-electron chi connectivity index (χ3n) is 3.65. The Morgan fingerprint density at radius 1 is 1.05 bits per heavy atom. The number of aryl methyl sites for hydroxylation is 1. The molecule has 5 heteroatoms. The van der Waals surface area contributed by atoms with Crippen molar-refractivity contribution in [3.8, 4) is 0 Å². The normalized spacial score (nSPS) is 15.1. The van der Waals surface area contributed by atoms with Crippen LogP contribution in [0.15, 0.2) is 42.6 Å². The predicted molar refractivity (Wildman–Crippen MR) is 81.3 cm³/mol. The number of hydrogen-bond acceptors (Lipinski definition) is 4. The second kappa shape index (κ2) is 5.91. The van der Waals surface area contributed by atoms with Gasteiger partial charge < -0.3 is 9.80 Å². The van der Waals surface area contributed by atoms with E-state index in [9.17, 15) is 4.79 Å². The van der Waals surface area contributed by atoms with Crippen LogP contribution in [0.4, 0.5) is 5.95 Å². The number of carbonyl (C=O) groups excluding carboxylic acids is 1. The van der Waals surface area contributed by atoms with Crippen LogP contribution < -0.4 is 4.90 Å². The first-order valence-electron chi connectivity index (χ1n) is 7.13. The van der Waals surface area contributed by atoms with Crippen LogP contribution in [0.1, 0.15) is 16.1 Å². The lowest BCUT2D eigenvalue weighted by Crippen LogP contribution is -2.49. The minimum absolute atomic E-state index is 0.0976. The number of rotatable bonds is 2. The second-order valence-corrected chi connectivity index (χ2v) is 5.14. The van der Waals surface area contributed by atoms with E-state index in [0.29, 0.717) is 13.1 Å². The number of carbonyl (C=O) groups is 1. The molecule has 5 nitrogen and oxygen atoms in total. The summed E-state index contributed by atoms with van der Waals surface area (Å²) in [6.45, 7) is 4.89. The Labute approximate surface area is 124 Å². The smallest absolute Gasteiger partial charge is 0.253 e. The lowest BCUT2D eigenvalue weighted by Gasteiger charge is -2.34. The van der Waals surface area contributed by atoms with E-state index in [1.54, 1.807) is 6.20 Å². The Kier molecular flexibility index (Phi) is 3.81. The van der Waals surface area contributed by atoms with Crippen LogP contribution >= 0.6 is 0 Å². The molecular weight excluding hydrogens is 264 g/mol. The molecule has 1 saturated heterocycles. The fourth-order valence-electron chi connectivity index (χ4n) is 2.46. The van der Waals surface area contributed by atoms with Gasteiger partial charge in [0.25, 0.3) is 5.91 Å². The van der Waals surface area contributed by atoms with Crippen LogP contribution in [0, 0.1) is 6.92 Å². The molecule has 108 valence electrons. The van der Waals surface area contributed by atoms with E-state index in [0.717, 1.165) is 30.3 Å². The molecule has 1 aromatic carbocycles. The summed E-state index contributed by atoms with van der Waals surface area (Å²) >= 11 is 0. The highest BCUT2D eigenvalue weighted by Gasteiger charge is 2.23. The highest BCUT2D eigenvalue weighted by atomic mass is 16.2. The number of amides is 1. The van der Waals surface area contributed by atoms with Crippen molar-refractivity contribution >= 4 is 11.9 Å². The number of hydrogen-bond donors (Lipinski definition) is 0. The van der Waals surface area contributed by atoms with Gasteiger partial charge in [-0.2, -0.15) is 0 Å². The van der Waals surface area contributed by atoms with Crippen molar-refractivity contribution in [2.75, 3.05) is 31.1 Å². The lowest BCUT2D eigenvalue weighted by atomic mass is 10.2. The summed E-state index contributed by atoms with van der Waals surface area (Å²) in [6, 6.07) is 11.3. The van der Waals surface area contributed by atoms with E-state index in [1.807, 2.05) is 48.2 Å². The fourth-order valence-corrected chi connectivity index (χ4v) is 2.46. The first-order valence-corrected chi connectivity index (χ1v) is 7.13. The maximum absolute atomic E-state index is 12.4. The number of nitrogens with zero attached hydrogens (tertiary/aromatic N) is 4. The van der Waals surface area contributed by atoms with E-state index in [1.165, 1.54) is 0 Å². The first-order chi connectivity index (χ1) is 10.2. The van der Waals surface area contributed by atoms with Gasteiger partial charge in [0.05, 0.1) is 0 Å². The summed E-state index contributed by atoms with van der Waals surface area (Å²) in [7, 11) is 0. The van der Waals surface area contributed by atoms with E-state index in [-0.39, 0.29) is 5.91 Å². The van der Waals surface area contributed by atoms with Crippen LogP contribution in [0.3, 0.4) is 0 Å². The zero-order chi connectivity index (χ0) is 14.7. The van der Waals surface area contributed by atoms with Crippen molar-refractivity contribution in [1.82, 2.24) is 14.9 Å². The zero-order valence-electron chi connectivity index (χ0n) is 12.1. The van der Waals surface area contributed by atoms with Gasteiger partial charge in [0.1, 0.15) is 0 Å². The Bertz CT molecular complexity index is 621. The molecule has 0 bridgehead atoms.